The van der Waals surface area contributed by atoms with Crippen LogP contribution in [0.15, 0.2) is 30.3 Å². The van der Waals surface area contributed by atoms with Gasteiger partial charge < -0.3 is 5.73 Å². The Morgan fingerprint density at radius 3 is 2.40 bits per heavy atom. The maximum atomic E-state index is 11.7. The van der Waals surface area contributed by atoms with Gasteiger partial charge in [0.05, 0.1) is 5.25 Å². The van der Waals surface area contributed by atoms with Crippen molar-refractivity contribution in [3.05, 3.63) is 35.9 Å². The molecule has 3 atom stereocenters. The molecule has 15 heavy (non-hydrogen) atoms. The Morgan fingerprint density at radius 2 is 1.87 bits per heavy atom. The van der Waals surface area contributed by atoms with Crippen molar-refractivity contribution in [2.24, 2.45) is 5.73 Å². The first-order valence-electron chi connectivity index (χ1n) is 5.10. The number of sulfone groups is 1. The summed E-state index contributed by atoms with van der Waals surface area (Å²) in [4.78, 5) is 0. The third-order valence-electron chi connectivity index (χ3n) is 3.01. The minimum atomic E-state index is -3.00. The monoisotopic (exact) mass is 225 g/mol. The molecule has 1 aromatic carbocycles. The number of benzene rings is 1. The first kappa shape index (κ1) is 10.6. The highest BCUT2D eigenvalue weighted by Crippen LogP contribution is 2.44. The van der Waals surface area contributed by atoms with Gasteiger partial charge in [0, 0.05) is 17.7 Å². The molecule has 0 amide bonds. The van der Waals surface area contributed by atoms with Crippen LogP contribution in [0.4, 0.5) is 0 Å². The Balaban J connectivity index is 2.24. The number of rotatable bonds is 3. The second-order valence-electron chi connectivity index (χ2n) is 3.93. The molecule has 0 radical (unpaired) electrons. The van der Waals surface area contributed by atoms with Gasteiger partial charge in [0.1, 0.15) is 0 Å². The third-order valence-corrected chi connectivity index (χ3v) is 5.25. The van der Waals surface area contributed by atoms with Crippen LogP contribution >= 0.6 is 0 Å². The summed E-state index contributed by atoms with van der Waals surface area (Å²) in [5, 5.41) is -0.370. The molecule has 0 saturated heterocycles. The summed E-state index contributed by atoms with van der Waals surface area (Å²) in [6.45, 7) is 1.67. The van der Waals surface area contributed by atoms with E-state index in [4.69, 9.17) is 5.73 Å². The fourth-order valence-corrected chi connectivity index (χ4v) is 3.78. The highest BCUT2D eigenvalue weighted by atomic mass is 32.2. The average molecular weight is 225 g/mol. The van der Waals surface area contributed by atoms with Gasteiger partial charge in [-0.2, -0.15) is 0 Å². The van der Waals surface area contributed by atoms with Crippen LogP contribution in [0, 0.1) is 0 Å². The molecule has 1 aliphatic carbocycles. The number of hydrogen-bond acceptors (Lipinski definition) is 3. The molecule has 0 aromatic heterocycles. The minimum absolute atomic E-state index is 0.00356. The van der Waals surface area contributed by atoms with Crippen LogP contribution in [-0.2, 0) is 9.84 Å². The molecule has 0 spiro atoms. The molecule has 1 aliphatic rings. The van der Waals surface area contributed by atoms with Gasteiger partial charge >= 0.3 is 0 Å². The Bertz CT molecular complexity index is 441. The molecule has 3 nitrogen and oxygen atoms in total. The van der Waals surface area contributed by atoms with Crippen LogP contribution in [-0.4, -0.2) is 25.5 Å². The SMILES string of the molecule is CCS(=O)(=O)[C@@H]1[C@H](N)[C@H]1c1ccccc1. The fourth-order valence-electron chi connectivity index (χ4n) is 2.05. The first-order chi connectivity index (χ1) is 7.08. The summed E-state index contributed by atoms with van der Waals surface area (Å²) in [5.41, 5.74) is 6.86. The second-order valence-corrected chi connectivity index (χ2v) is 6.38. The van der Waals surface area contributed by atoms with Crippen molar-refractivity contribution in [3.8, 4) is 0 Å². The van der Waals surface area contributed by atoms with E-state index in [9.17, 15) is 8.42 Å². The molecule has 0 unspecified atom stereocenters. The zero-order chi connectivity index (χ0) is 11.1. The number of hydrogen-bond donors (Lipinski definition) is 1. The van der Waals surface area contributed by atoms with Gasteiger partial charge in [-0.25, -0.2) is 8.42 Å². The molecule has 0 bridgehead atoms. The molecular formula is C11H15NO2S. The topological polar surface area (TPSA) is 60.2 Å². The molecule has 2 N–H and O–H groups in total. The quantitative estimate of drug-likeness (QED) is 0.832. The zero-order valence-electron chi connectivity index (χ0n) is 8.63. The summed E-state index contributed by atoms with van der Waals surface area (Å²) in [6, 6.07) is 9.40. The van der Waals surface area contributed by atoms with Crippen molar-refractivity contribution >= 4 is 9.84 Å². The summed E-state index contributed by atoms with van der Waals surface area (Å²) in [6.07, 6.45) is 0. The molecule has 0 aliphatic heterocycles. The lowest BCUT2D eigenvalue weighted by Crippen LogP contribution is -2.17. The maximum Gasteiger partial charge on any atom is 0.155 e. The van der Waals surface area contributed by atoms with Crippen molar-refractivity contribution in [2.45, 2.75) is 24.1 Å². The van der Waals surface area contributed by atoms with Crippen LogP contribution in [0.25, 0.3) is 0 Å². The smallest absolute Gasteiger partial charge is 0.155 e. The van der Waals surface area contributed by atoms with Gasteiger partial charge in [-0.1, -0.05) is 37.3 Å². The second kappa shape index (κ2) is 3.61. The minimum Gasteiger partial charge on any atom is -0.326 e. The van der Waals surface area contributed by atoms with Crippen LogP contribution in [0.5, 0.6) is 0 Å². The lowest BCUT2D eigenvalue weighted by atomic mass is 10.1. The molecule has 82 valence electrons. The van der Waals surface area contributed by atoms with E-state index in [0.29, 0.717) is 0 Å². The normalized spacial score (nSPS) is 30.1. The van der Waals surface area contributed by atoms with Gasteiger partial charge in [-0.15, -0.1) is 0 Å². The van der Waals surface area contributed by atoms with Gasteiger partial charge in [-0.05, 0) is 5.56 Å². The maximum absolute atomic E-state index is 11.7. The largest absolute Gasteiger partial charge is 0.326 e. The fraction of sp³-hybridized carbons (Fsp3) is 0.455. The number of nitrogens with two attached hydrogens (primary N) is 1. The predicted molar refractivity (Wildman–Crippen MR) is 60.4 cm³/mol. The standard InChI is InChI=1S/C11H15NO2S/c1-2-15(13,14)11-9(10(11)12)8-6-4-3-5-7-8/h3-7,9-11H,2,12H2,1H3/t9-,10-,11+/m1/s1. The highest BCUT2D eigenvalue weighted by Gasteiger charge is 2.55. The third kappa shape index (κ3) is 1.79. The van der Waals surface area contributed by atoms with E-state index >= 15 is 0 Å². The lowest BCUT2D eigenvalue weighted by molar-refractivity contribution is 0.594. The molecular weight excluding hydrogens is 210 g/mol. The zero-order valence-corrected chi connectivity index (χ0v) is 9.44. The van der Waals surface area contributed by atoms with Gasteiger partial charge in [-0.3, -0.25) is 0 Å². The van der Waals surface area contributed by atoms with Crippen LogP contribution < -0.4 is 5.73 Å². The van der Waals surface area contributed by atoms with Crippen molar-refractivity contribution in [1.29, 1.82) is 0 Å². The van der Waals surface area contributed by atoms with E-state index in [0.717, 1.165) is 5.56 Å². The van der Waals surface area contributed by atoms with Crippen molar-refractivity contribution in [1.82, 2.24) is 0 Å². The van der Waals surface area contributed by atoms with Crippen molar-refractivity contribution < 1.29 is 8.42 Å². The van der Waals surface area contributed by atoms with E-state index in [1.165, 1.54) is 0 Å². The van der Waals surface area contributed by atoms with Gasteiger partial charge in [0.2, 0.25) is 0 Å². The summed E-state index contributed by atoms with van der Waals surface area (Å²) >= 11 is 0. The van der Waals surface area contributed by atoms with Crippen LogP contribution in [0.2, 0.25) is 0 Å². The predicted octanol–water partition coefficient (Wildman–Crippen LogP) is 0.914. The lowest BCUT2D eigenvalue weighted by Gasteiger charge is -1.99. The molecule has 1 aromatic rings. The summed E-state index contributed by atoms with van der Waals surface area (Å²) in [7, 11) is -3.00. The average Bonchev–Trinajstić information content (AvgIpc) is 2.92. The Hall–Kier alpha value is -0.870. The van der Waals surface area contributed by atoms with Crippen molar-refractivity contribution in [2.75, 3.05) is 5.75 Å². The molecule has 1 fully saturated rings. The molecule has 1 saturated carbocycles. The van der Waals surface area contributed by atoms with Gasteiger partial charge in [0.25, 0.3) is 0 Å². The van der Waals surface area contributed by atoms with E-state index in [-0.39, 0.29) is 23.0 Å². The summed E-state index contributed by atoms with van der Waals surface area (Å²) in [5.74, 6) is 0.172. The van der Waals surface area contributed by atoms with E-state index in [2.05, 4.69) is 0 Å². The van der Waals surface area contributed by atoms with E-state index < -0.39 is 9.84 Å². The van der Waals surface area contributed by atoms with Crippen LogP contribution in [0.3, 0.4) is 0 Å². The Kier molecular flexibility index (Phi) is 2.56. The highest BCUT2D eigenvalue weighted by molar-refractivity contribution is 7.92. The molecule has 2 rings (SSSR count). The molecule has 0 heterocycles. The first-order valence-corrected chi connectivity index (χ1v) is 6.81. The van der Waals surface area contributed by atoms with E-state index in [1.54, 1.807) is 6.92 Å². The van der Waals surface area contributed by atoms with E-state index in [1.807, 2.05) is 30.3 Å². The summed E-state index contributed by atoms with van der Waals surface area (Å²) < 4.78 is 23.4. The molecule has 4 heteroatoms. The van der Waals surface area contributed by atoms with Crippen molar-refractivity contribution in [3.63, 3.8) is 0 Å². The Labute approximate surface area is 90.2 Å². The van der Waals surface area contributed by atoms with Gasteiger partial charge in [0.15, 0.2) is 9.84 Å². The Morgan fingerprint density at radius 1 is 1.27 bits per heavy atom. The van der Waals surface area contributed by atoms with Crippen LogP contribution in [0.1, 0.15) is 18.4 Å².